The second-order valence-electron chi connectivity index (χ2n) is 5.41. The first-order valence-electron chi connectivity index (χ1n) is 7.27. The summed E-state index contributed by atoms with van der Waals surface area (Å²) in [4.78, 5) is 3.61. The Morgan fingerprint density at radius 3 is 2.75 bits per heavy atom. The van der Waals surface area contributed by atoms with Gasteiger partial charge in [-0.15, -0.1) is 0 Å². The summed E-state index contributed by atoms with van der Waals surface area (Å²) in [5, 5.41) is 0. The standard InChI is InChI=1S/C19H17N/c1-2-8-15(9-3-1)19-13-17-16-11-5-4-7-14(16)10-6-12-18(17)20-19/h2,4-11,13,20H,1,3,12H2. The van der Waals surface area contributed by atoms with Crippen LogP contribution in [0.2, 0.25) is 0 Å². The van der Waals surface area contributed by atoms with Crippen molar-refractivity contribution in [1.29, 1.82) is 0 Å². The van der Waals surface area contributed by atoms with E-state index in [9.17, 15) is 0 Å². The minimum Gasteiger partial charge on any atom is -0.358 e. The monoisotopic (exact) mass is 259 g/mol. The summed E-state index contributed by atoms with van der Waals surface area (Å²) in [6.45, 7) is 0. The third-order valence-electron chi connectivity index (χ3n) is 4.08. The van der Waals surface area contributed by atoms with E-state index < -0.39 is 0 Å². The van der Waals surface area contributed by atoms with Gasteiger partial charge in [-0.25, -0.2) is 0 Å². The molecule has 1 heterocycles. The average molecular weight is 259 g/mol. The van der Waals surface area contributed by atoms with Gasteiger partial charge in [-0.05, 0) is 35.6 Å². The van der Waals surface area contributed by atoms with Crippen molar-refractivity contribution in [1.82, 2.24) is 4.98 Å². The summed E-state index contributed by atoms with van der Waals surface area (Å²) in [5.74, 6) is 0. The molecule has 0 saturated heterocycles. The molecule has 2 aliphatic carbocycles. The van der Waals surface area contributed by atoms with E-state index in [1.54, 1.807) is 0 Å². The Balaban J connectivity index is 1.86. The number of H-pyrrole nitrogens is 1. The molecule has 1 nitrogen and oxygen atoms in total. The summed E-state index contributed by atoms with van der Waals surface area (Å²) in [5.41, 5.74) is 7.88. The van der Waals surface area contributed by atoms with Crippen LogP contribution in [0.3, 0.4) is 0 Å². The first-order valence-corrected chi connectivity index (χ1v) is 7.27. The highest BCUT2D eigenvalue weighted by Crippen LogP contribution is 2.34. The summed E-state index contributed by atoms with van der Waals surface area (Å²) >= 11 is 0. The van der Waals surface area contributed by atoms with Gasteiger partial charge in [0.25, 0.3) is 0 Å². The van der Waals surface area contributed by atoms with Crippen LogP contribution in [-0.4, -0.2) is 4.98 Å². The van der Waals surface area contributed by atoms with Crippen molar-refractivity contribution in [2.24, 2.45) is 0 Å². The highest BCUT2D eigenvalue weighted by molar-refractivity contribution is 5.83. The van der Waals surface area contributed by atoms with Gasteiger partial charge in [-0.2, -0.15) is 0 Å². The Kier molecular flexibility index (Phi) is 2.70. The molecule has 0 radical (unpaired) electrons. The van der Waals surface area contributed by atoms with E-state index >= 15 is 0 Å². The van der Waals surface area contributed by atoms with Crippen LogP contribution in [0.4, 0.5) is 0 Å². The van der Waals surface area contributed by atoms with Crippen LogP contribution in [0.5, 0.6) is 0 Å². The Bertz CT molecular complexity index is 741. The normalized spacial score (nSPS) is 16.3. The molecule has 0 bridgehead atoms. The number of aromatic nitrogens is 1. The molecule has 0 saturated carbocycles. The molecule has 0 fully saturated rings. The van der Waals surface area contributed by atoms with Crippen LogP contribution in [0.15, 0.2) is 54.6 Å². The zero-order chi connectivity index (χ0) is 13.4. The van der Waals surface area contributed by atoms with E-state index in [0.717, 1.165) is 19.3 Å². The fourth-order valence-electron chi connectivity index (χ4n) is 3.06. The summed E-state index contributed by atoms with van der Waals surface area (Å²) in [7, 11) is 0. The van der Waals surface area contributed by atoms with Crippen LogP contribution in [0.25, 0.3) is 22.8 Å². The van der Waals surface area contributed by atoms with Crippen LogP contribution < -0.4 is 0 Å². The lowest BCUT2D eigenvalue weighted by atomic mass is 9.99. The Morgan fingerprint density at radius 2 is 1.85 bits per heavy atom. The molecular formula is C19H17N. The smallest absolute Gasteiger partial charge is 0.0459 e. The number of rotatable bonds is 1. The maximum absolute atomic E-state index is 3.61. The van der Waals surface area contributed by atoms with E-state index in [0.29, 0.717) is 0 Å². The summed E-state index contributed by atoms with van der Waals surface area (Å²) in [6.07, 6.45) is 14.6. The van der Waals surface area contributed by atoms with Crippen LogP contribution in [0.1, 0.15) is 29.8 Å². The third kappa shape index (κ3) is 1.87. The van der Waals surface area contributed by atoms with Gasteiger partial charge in [-0.1, -0.05) is 54.6 Å². The molecule has 0 amide bonds. The molecule has 4 rings (SSSR count). The fourth-order valence-corrected chi connectivity index (χ4v) is 3.06. The van der Waals surface area contributed by atoms with E-state index in [1.165, 1.54) is 33.7 Å². The van der Waals surface area contributed by atoms with Gasteiger partial charge in [0.1, 0.15) is 0 Å². The molecule has 0 atom stereocenters. The van der Waals surface area contributed by atoms with E-state index in [4.69, 9.17) is 0 Å². The largest absolute Gasteiger partial charge is 0.358 e. The molecule has 20 heavy (non-hydrogen) atoms. The molecule has 2 aliphatic rings. The van der Waals surface area contributed by atoms with Crippen molar-refractivity contribution in [2.75, 3.05) is 0 Å². The second-order valence-corrected chi connectivity index (χ2v) is 5.41. The zero-order valence-electron chi connectivity index (χ0n) is 11.4. The lowest BCUT2D eigenvalue weighted by Gasteiger charge is -2.04. The van der Waals surface area contributed by atoms with Gasteiger partial charge in [0, 0.05) is 23.4 Å². The molecule has 0 unspecified atom stereocenters. The van der Waals surface area contributed by atoms with Crippen molar-refractivity contribution >= 4 is 11.6 Å². The first kappa shape index (κ1) is 11.5. The molecule has 1 N–H and O–H groups in total. The molecule has 1 aromatic heterocycles. The van der Waals surface area contributed by atoms with Gasteiger partial charge >= 0.3 is 0 Å². The van der Waals surface area contributed by atoms with Gasteiger partial charge < -0.3 is 4.98 Å². The number of hydrogen-bond donors (Lipinski definition) is 1. The topological polar surface area (TPSA) is 15.8 Å². The quantitative estimate of drug-likeness (QED) is 0.743. The Hall–Kier alpha value is -2.28. The lowest BCUT2D eigenvalue weighted by Crippen LogP contribution is -1.87. The Labute approximate surface area is 119 Å². The van der Waals surface area contributed by atoms with Crippen LogP contribution in [0, 0.1) is 0 Å². The lowest BCUT2D eigenvalue weighted by molar-refractivity contribution is 1.04. The van der Waals surface area contributed by atoms with E-state index in [1.807, 2.05) is 0 Å². The molecule has 0 aliphatic heterocycles. The zero-order valence-corrected chi connectivity index (χ0v) is 11.4. The Morgan fingerprint density at radius 1 is 0.900 bits per heavy atom. The first-order chi connectivity index (χ1) is 9.92. The maximum Gasteiger partial charge on any atom is 0.0459 e. The highest BCUT2D eigenvalue weighted by Gasteiger charge is 2.15. The molecule has 2 aromatic rings. The molecule has 98 valence electrons. The summed E-state index contributed by atoms with van der Waals surface area (Å²) < 4.78 is 0. The van der Waals surface area contributed by atoms with E-state index in [-0.39, 0.29) is 0 Å². The van der Waals surface area contributed by atoms with Gasteiger partial charge in [0.05, 0.1) is 0 Å². The summed E-state index contributed by atoms with van der Waals surface area (Å²) in [6, 6.07) is 10.9. The van der Waals surface area contributed by atoms with Crippen LogP contribution in [-0.2, 0) is 6.42 Å². The molecule has 1 heteroatoms. The number of allylic oxidation sites excluding steroid dienone is 5. The van der Waals surface area contributed by atoms with Crippen molar-refractivity contribution < 1.29 is 0 Å². The van der Waals surface area contributed by atoms with Gasteiger partial charge in [0.2, 0.25) is 0 Å². The predicted molar refractivity (Wildman–Crippen MR) is 85.3 cm³/mol. The predicted octanol–water partition coefficient (Wildman–Crippen LogP) is 4.98. The van der Waals surface area contributed by atoms with Gasteiger partial charge in [-0.3, -0.25) is 0 Å². The highest BCUT2D eigenvalue weighted by atomic mass is 14.7. The van der Waals surface area contributed by atoms with Gasteiger partial charge in [0.15, 0.2) is 0 Å². The third-order valence-corrected chi connectivity index (χ3v) is 4.08. The van der Waals surface area contributed by atoms with E-state index in [2.05, 4.69) is 65.7 Å². The van der Waals surface area contributed by atoms with Crippen molar-refractivity contribution in [3.63, 3.8) is 0 Å². The van der Waals surface area contributed by atoms with Crippen molar-refractivity contribution in [2.45, 2.75) is 19.3 Å². The number of nitrogens with one attached hydrogen (secondary N) is 1. The van der Waals surface area contributed by atoms with Crippen LogP contribution >= 0.6 is 0 Å². The van der Waals surface area contributed by atoms with Crippen molar-refractivity contribution in [3.8, 4) is 11.1 Å². The SMILES string of the molecule is C1=CC(c2cc3c([nH]2)CC=Cc2ccccc2-3)=CCC1. The average Bonchev–Trinajstić information content (AvgIpc) is 2.85. The minimum absolute atomic E-state index is 0.973. The minimum atomic E-state index is 0.973. The number of hydrogen-bond acceptors (Lipinski definition) is 0. The molecule has 1 aromatic carbocycles. The maximum atomic E-state index is 3.61. The molecule has 0 spiro atoms. The number of fused-ring (bicyclic) bond motifs is 3. The molecular weight excluding hydrogens is 242 g/mol. The van der Waals surface area contributed by atoms with Crippen molar-refractivity contribution in [3.05, 3.63) is 71.6 Å². The second kappa shape index (κ2) is 4.68. The fraction of sp³-hybridized carbons (Fsp3) is 0.158. The number of aromatic amines is 1. The number of benzene rings is 1.